The van der Waals surface area contributed by atoms with Crippen molar-refractivity contribution in [3.63, 3.8) is 0 Å². The number of carbonyl (C=O) groups is 3. The van der Waals surface area contributed by atoms with Gasteiger partial charge < -0.3 is 4.74 Å². The summed E-state index contributed by atoms with van der Waals surface area (Å²) in [6.07, 6.45) is 0.283. The Bertz CT molecular complexity index is 941. The predicted molar refractivity (Wildman–Crippen MR) is 97.5 cm³/mol. The Balaban J connectivity index is 1.52. The first kappa shape index (κ1) is 18.7. The van der Waals surface area contributed by atoms with Crippen LogP contribution < -0.4 is 0 Å². The number of fused-ring (bicyclic) bond motifs is 1. The maximum absolute atomic E-state index is 12.3. The van der Waals surface area contributed by atoms with Gasteiger partial charge in [0.25, 0.3) is 17.5 Å². The van der Waals surface area contributed by atoms with Gasteiger partial charge >= 0.3 is 5.97 Å². The normalized spacial score (nSPS) is 12.9. The lowest BCUT2D eigenvalue weighted by atomic mass is 10.1. The standard InChI is InChI=1S/C18H13BrN2O6/c19-12-4-7-14-15(10-12)17(23)20(16(14)22)8-1-9-27-18(24)11-2-5-13(6-3-11)21(25)26/h2-7,10H,1,8-9H2. The highest BCUT2D eigenvalue weighted by molar-refractivity contribution is 9.10. The highest BCUT2D eigenvalue weighted by Crippen LogP contribution is 2.26. The summed E-state index contributed by atoms with van der Waals surface area (Å²) >= 11 is 3.27. The van der Waals surface area contributed by atoms with Gasteiger partial charge in [0, 0.05) is 23.2 Å². The lowest BCUT2D eigenvalue weighted by Crippen LogP contribution is -2.31. The molecule has 0 N–H and O–H groups in total. The molecule has 2 aromatic rings. The van der Waals surface area contributed by atoms with Crippen molar-refractivity contribution in [2.75, 3.05) is 13.2 Å². The third-order valence-electron chi connectivity index (χ3n) is 4.01. The lowest BCUT2D eigenvalue weighted by Gasteiger charge is -2.13. The fourth-order valence-electron chi connectivity index (χ4n) is 2.66. The molecule has 1 heterocycles. The van der Waals surface area contributed by atoms with Crippen molar-refractivity contribution in [2.24, 2.45) is 0 Å². The van der Waals surface area contributed by atoms with Gasteiger partial charge in [-0.05, 0) is 36.8 Å². The third-order valence-corrected chi connectivity index (χ3v) is 4.50. The highest BCUT2D eigenvalue weighted by atomic mass is 79.9. The Morgan fingerprint density at radius 1 is 1.07 bits per heavy atom. The molecule has 2 amide bonds. The lowest BCUT2D eigenvalue weighted by molar-refractivity contribution is -0.384. The second-order valence-corrected chi connectivity index (χ2v) is 6.66. The van der Waals surface area contributed by atoms with Crippen LogP contribution >= 0.6 is 15.9 Å². The number of hydrogen-bond donors (Lipinski definition) is 0. The van der Waals surface area contributed by atoms with Crippen LogP contribution in [0.3, 0.4) is 0 Å². The van der Waals surface area contributed by atoms with Crippen LogP contribution in [0.25, 0.3) is 0 Å². The molecule has 0 spiro atoms. The van der Waals surface area contributed by atoms with Crippen LogP contribution in [0.15, 0.2) is 46.9 Å². The summed E-state index contributed by atoms with van der Waals surface area (Å²) in [4.78, 5) is 47.7. The molecule has 0 unspecified atom stereocenters. The number of esters is 1. The zero-order chi connectivity index (χ0) is 19.6. The van der Waals surface area contributed by atoms with E-state index in [1.807, 2.05) is 0 Å². The van der Waals surface area contributed by atoms with Gasteiger partial charge in [0.2, 0.25) is 0 Å². The number of amides is 2. The molecule has 0 aromatic heterocycles. The number of benzene rings is 2. The number of halogens is 1. The second-order valence-electron chi connectivity index (χ2n) is 5.75. The molecule has 0 saturated carbocycles. The summed E-state index contributed by atoms with van der Waals surface area (Å²) in [7, 11) is 0. The van der Waals surface area contributed by atoms with E-state index in [2.05, 4.69) is 15.9 Å². The van der Waals surface area contributed by atoms with Crippen LogP contribution in [-0.4, -0.2) is 40.8 Å². The first-order valence-corrected chi connectivity index (χ1v) is 8.75. The minimum absolute atomic E-state index is 0.00687. The van der Waals surface area contributed by atoms with E-state index in [0.29, 0.717) is 15.6 Å². The summed E-state index contributed by atoms with van der Waals surface area (Å²) in [6, 6.07) is 9.93. The molecule has 2 aromatic carbocycles. The molecule has 138 valence electrons. The second kappa shape index (κ2) is 7.67. The number of ether oxygens (including phenoxy) is 1. The van der Waals surface area contributed by atoms with Crippen LogP contribution in [0, 0.1) is 10.1 Å². The summed E-state index contributed by atoms with van der Waals surface area (Å²) in [6.45, 7) is 0.129. The molecular weight excluding hydrogens is 420 g/mol. The van der Waals surface area contributed by atoms with Crippen LogP contribution in [0.4, 0.5) is 5.69 Å². The van der Waals surface area contributed by atoms with E-state index in [0.717, 1.165) is 4.90 Å². The monoisotopic (exact) mass is 432 g/mol. The number of nitro benzene ring substituents is 1. The van der Waals surface area contributed by atoms with Crippen molar-refractivity contribution >= 4 is 39.4 Å². The minimum atomic E-state index is -0.629. The van der Waals surface area contributed by atoms with E-state index in [1.165, 1.54) is 24.3 Å². The van der Waals surface area contributed by atoms with Crippen molar-refractivity contribution in [2.45, 2.75) is 6.42 Å². The number of imide groups is 1. The largest absolute Gasteiger partial charge is 0.462 e. The molecule has 3 rings (SSSR count). The quantitative estimate of drug-likeness (QED) is 0.228. The molecule has 8 nitrogen and oxygen atoms in total. The van der Waals surface area contributed by atoms with Crippen LogP contribution in [0.2, 0.25) is 0 Å². The molecule has 0 radical (unpaired) electrons. The summed E-state index contributed by atoms with van der Waals surface area (Å²) in [5.74, 6) is -1.38. The molecule has 0 aliphatic carbocycles. The molecule has 0 saturated heterocycles. The van der Waals surface area contributed by atoms with Crippen LogP contribution in [0.5, 0.6) is 0 Å². The Morgan fingerprint density at radius 2 is 1.74 bits per heavy atom. The van der Waals surface area contributed by atoms with Crippen molar-refractivity contribution in [3.8, 4) is 0 Å². The molecule has 0 fully saturated rings. The van der Waals surface area contributed by atoms with Crippen molar-refractivity contribution in [3.05, 3.63) is 73.7 Å². The molecule has 27 heavy (non-hydrogen) atoms. The maximum Gasteiger partial charge on any atom is 0.338 e. The summed E-state index contributed by atoms with van der Waals surface area (Å²) < 4.78 is 5.80. The van der Waals surface area contributed by atoms with E-state index >= 15 is 0 Å². The topological polar surface area (TPSA) is 107 Å². The fourth-order valence-corrected chi connectivity index (χ4v) is 3.02. The van der Waals surface area contributed by atoms with E-state index < -0.39 is 10.9 Å². The van der Waals surface area contributed by atoms with Gasteiger partial charge in [-0.2, -0.15) is 0 Å². The number of nitrogens with zero attached hydrogens (tertiary/aromatic N) is 2. The summed E-state index contributed by atoms with van der Waals surface area (Å²) in [5.41, 5.74) is 0.762. The van der Waals surface area contributed by atoms with E-state index in [1.54, 1.807) is 18.2 Å². The summed E-state index contributed by atoms with van der Waals surface area (Å²) in [5, 5.41) is 10.6. The maximum atomic E-state index is 12.3. The molecule has 0 atom stereocenters. The number of carbonyl (C=O) groups excluding carboxylic acids is 3. The average Bonchev–Trinajstić information content (AvgIpc) is 2.89. The van der Waals surface area contributed by atoms with Crippen molar-refractivity contribution < 1.29 is 24.0 Å². The SMILES string of the molecule is O=C(OCCCN1C(=O)c2ccc(Br)cc2C1=O)c1ccc([N+](=O)[O-])cc1. The fraction of sp³-hybridized carbons (Fsp3) is 0.167. The highest BCUT2D eigenvalue weighted by Gasteiger charge is 2.35. The van der Waals surface area contributed by atoms with Gasteiger partial charge in [-0.25, -0.2) is 4.79 Å². The number of rotatable bonds is 6. The minimum Gasteiger partial charge on any atom is -0.462 e. The number of nitro groups is 1. The van der Waals surface area contributed by atoms with Gasteiger partial charge in [-0.3, -0.25) is 24.6 Å². The van der Waals surface area contributed by atoms with E-state index in [-0.39, 0.29) is 42.6 Å². The first-order valence-electron chi connectivity index (χ1n) is 7.96. The van der Waals surface area contributed by atoms with Gasteiger partial charge in [-0.15, -0.1) is 0 Å². The Hall–Kier alpha value is -3.07. The average molecular weight is 433 g/mol. The van der Waals surface area contributed by atoms with Gasteiger partial charge in [0.1, 0.15) is 0 Å². The predicted octanol–water partition coefficient (Wildman–Crippen LogP) is 3.20. The van der Waals surface area contributed by atoms with Crippen molar-refractivity contribution in [1.29, 1.82) is 0 Å². The van der Waals surface area contributed by atoms with Gasteiger partial charge in [-0.1, -0.05) is 15.9 Å². The first-order chi connectivity index (χ1) is 12.9. The van der Waals surface area contributed by atoms with E-state index in [4.69, 9.17) is 4.74 Å². The Labute approximate surface area is 162 Å². The van der Waals surface area contributed by atoms with Crippen LogP contribution in [-0.2, 0) is 4.74 Å². The molecule has 1 aliphatic heterocycles. The van der Waals surface area contributed by atoms with Crippen molar-refractivity contribution in [1.82, 2.24) is 4.90 Å². The molecule has 0 bridgehead atoms. The van der Waals surface area contributed by atoms with Gasteiger partial charge in [0.15, 0.2) is 0 Å². The number of non-ortho nitro benzene ring substituents is 1. The Morgan fingerprint density at radius 3 is 2.41 bits per heavy atom. The smallest absolute Gasteiger partial charge is 0.338 e. The molecular formula is C18H13BrN2O6. The molecule has 9 heteroatoms. The molecule has 1 aliphatic rings. The van der Waals surface area contributed by atoms with Crippen LogP contribution in [0.1, 0.15) is 37.5 Å². The Kier molecular flexibility index (Phi) is 5.31. The van der Waals surface area contributed by atoms with Gasteiger partial charge in [0.05, 0.1) is 28.2 Å². The van der Waals surface area contributed by atoms with E-state index in [9.17, 15) is 24.5 Å². The zero-order valence-corrected chi connectivity index (χ0v) is 15.5. The zero-order valence-electron chi connectivity index (χ0n) is 13.9. The third kappa shape index (κ3) is 3.87. The number of hydrogen-bond acceptors (Lipinski definition) is 6.